The van der Waals surface area contributed by atoms with E-state index in [1.54, 1.807) is 6.92 Å². The van der Waals surface area contributed by atoms with E-state index in [2.05, 4.69) is 34.6 Å². The van der Waals surface area contributed by atoms with E-state index in [-0.39, 0.29) is 16.6 Å². The number of carbonyl (C=O) groups is 1. The molecule has 0 aliphatic carbocycles. The van der Waals surface area contributed by atoms with Gasteiger partial charge in [0, 0.05) is 6.61 Å². The van der Waals surface area contributed by atoms with E-state index >= 15 is 0 Å². The maximum absolute atomic E-state index is 12.2. The van der Waals surface area contributed by atoms with Gasteiger partial charge >= 0.3 is 0 Å². The minimum Gasteiger partial charge on any atom is -0.381 e. The van der Waals surface area contributed by atoms with Crippen LogP contribution >= 0.6 is 0 Å². The minimum absolute atomic E-state index is 0.0527. The highest BCUT2D eigenvalue weighted by Crippen LogP contribution is 2.44. The molecule has 0 aromatic heterocycles. The van der Waals surface area contributed by atoms with Crippen molar-refractivity contribution < 1.29 is 9.53 Å². The van der Waals surface area contributed by atoms with Gasteiger partial charge < -0.3 is 4.74 Å². The highest BCUT2D eigenvalue weighted by molar-refractivity contribution is 5.83. The van der Waals surface area contributed by atoms with E-state index in [1.165, 1.54) is 0 Å². The second-order valence-corrected chi connectivity index (χ2v) is 6.46. The molecule has 0 aromatic rings. The summed E-state index contributed by atoms with van der Waals surface area (Å²) in [7, 11) is 0. The first-order chi connectivity index (χ1) is 7.67. The lowest BCUT2D eigenvalue weighted by Gasteiger charge is -2.43. The molecular formula is C15H30O2. The lowest BCUT2D eigenvalue weighted by molar-refractivity contribution is -0.140. The van der Waals surface area contributed by atoms with Crippen LogP contribution in [0.5, 0.6) is 0 Å². The Bertz CT molecular complexity index is 238. The molecule has 1 atom stereocenters. The van der Waals surface area contributed by atoms with E-state index in [0.29, 0.717) is 19.1 Å². The van der Waals surface area contributed by atoms with Crippen LogP contribution < -0.4 is 0 Å². The summed E-state index contributed by atoms with van der Waals surface area (Å²) >= 11 is 0. The van der Waals surface area contributed by atoms with Crippen molar-refractivity contribution in [1.82, 2.24) is 0 Å². The molecule has 0 heterocycles. The molecule has 0 rings (SSSR count). The van der Waals surface area contributed by atoms with Gasteiger partial charge in [0.25, 0.3) is 0 Å². The summed E-state index contributed by atoms with van der Waals surface area (Å²) in [6.07, 6.45) is 1.99. The molecule has 0 amide bonds. The lowest BCUT2D eigenvalue weighted by Crippen LogP contribution is -2.46. The van der Waals surface area contributed by atoms with Crippen molar-refractivity contribution in [2.45, 2.75) is 61.3 Å². The Morgan fingerprint density at radius 2 is 1.76 bits per heavy atom. The molecule has 2 heteroatoms. The average Bonchev–Trinajstić information content (AvgIpc) is 2.15. The van der Waals surface area contributed by atoms with Crippen LogP contribution in [0.3, 0.4) is 0 Å². The number of carbonyl (C=O) groups excluding carboxylic acids is 1. The summed E-state index contributed by atoms with van der Waals surface area (Å²) in [5.41, 5.74) is -0.393. The Labute approximate surface area is 107 Å². The largest absolute Gasteiger partial charge is 0.381 e. The van der Waals surface area contributed by atoms with Crippen molar-refractivity contribution >= 4 is 5.78 Å². The van der Waals surface area contributed by atoms with Gasteiger partial charge in [-0.15, -0.1) is 0 Å². The molecule has 0 saturated heterocycles. The van der Waals surface area contributed by atoms with Crippen LogP contribution in [-0.4, -0.2) is 19.0 Å². The molecule has 17 heavy (non-hydrogen) atoms. The summed E-state index contributed by atoms with van der Waals surface area (Å²) in [6, 6.07) is 0. The zero-order chi connectivity index (χ0) is 13.7. The SMILES string of the molecule is CCOCC(CCC(C)C)(C(C)=O)C(C)(C)C. The van der Waals surface area contributed by atoms with Gasteiger partial charge in [0.2, 0.25) is 0 Å². The van der Waals surface area contributed by atoms with Gasteiger partial charge in [-0.1, -0.05) is 34.6 Å². The summed E-state index contributed by atoms with van der Waals surface area (Å²) < 4.78 is 5.60. The molecule has 0 aromatic carbocycles. The number of ketones is 1. The smallest absolute Gasteiger partial charge is 0.138 e. The number of Topliss-reactive ketones (excluding diaryl/α,β-unsaturated/α-hetero) is 1. The fraction of sp³-hybridized carbons (Fsp3) is 0.933. The third-order valence-corrected chi connectivity index (χ3v) is 3.81. The molecule has 0 saturated carbocycles. The van der Waals surface area contributed by atoms with Crippen molar-refractivity contribution in [2.75, 3.05) is 13.2 Å². The van der Waals surface area contributed by atoms with E-state index in [4.69, 9.17) is 4.74 Å². The third-order valence-electron chi connectivity index (χ3n) is 3.81. The molecule has 0 fully saturated rings. The van der Waals surface area contributed by atoms with Crippen molar-refractivity contribution in [3.05, 3.63) is 0 Å². The van der Waals surface area contributed by atoms with Crippen LogP contribution in [0.4, 0.5) is 0 Å². The summed E-state index contributed by atoms with van der Waals surface area (Å²) in [6.45, 7) is 15.8. The standard InChI is InChI=1S/C15H30O2/c1-8-17-11-15(13(4)16,14(5,6)7)10-9-12(2)3/h12H,8-11H2,1-7H3. The zero-order valence-corrected chi connectivity index (χ0v) is 12.7. The van der Waals surface area contributed by atoms with E-state index in [0.717, 1.165) is 12.8 Å². The highest BCUT2D eigenvalue weighted by Gasteiger charge is 2.45. The molecule has 0 bridgehead atoms. The van der Waals surface area contributed by atoms with E-state index in [1.807, 2.05) is 6.92 Å². The van der Waals surface area contributed by atoms with Crippen molar-refractivity contribution in [2.24, 2.45) is 16.7 Å². The predicted octanol–water partition coefficient (Wildman–Crippen LogP) is 4.08. The molecule has 0 aliphatic rings. The molecule has 0 aliphatic heterocycles. The molecule has 2 nitrogen and oxygen atoms in total. The predicted molar refractivity (Wildman–Crippen MR) is 73.1 cm³/mol. The highest BCUT2D eigenvalue weighted by atomic mass is 16.5. The Morgan fingerprint density at radius 3 is 2.06 bits per heavy atom. The van der Waals surface area contributed by atoms with Crippen molar-refractivity contribution in [3.8, 4) is 0 Å². The van der Waals surface area contributed by atoms with Crippen LogP contribution in [0.1, 0.15) is 61.3 Å². The second kappa shape index (κ2) is 6.53. The number of ether oxygens (including phenoxy) is 1. The van der Waals surface area contributed by atoms with Crippen molar-refractivity contribution in [1.29, 1.82) is 0 Å². The minimum atomic E-state index is -0.340. The maximum Gasteiger partial charge on any atom is 0.138 e. The first-order valence-corrected chi connectivity index (χ1v) is 6.76. The van der Waals surface area contributed by atoms with Crippen LogP contribution in [-0.2, 0) is 9.53 Å². The molecule has 0 spiro atoms. The second-order valence-electron chi connectivity index (χ2n) is 6.46. The van der Waals surface area contributed by atoms with Gasteiger partial charge in [0.05, 0.1) is 12.0 Å². The average molecular weight is 242 g/mol. The van der Waals surface area contributed by atoms with Crippen LogP contribution in [0, 0.1) is 16.7 Å². The number of rotatable bonds is 7. The van der Waals surface area contributed by atoms with Crippen molar-refractivity contribution in [3.63, 3.8) is 0 Å². The van der Waals surface area contributed by atoms with Gasteiger partial charge in [-0.3, -0.25) is 4.79 Å². The summed E-state index contributed by atoms with van der Waals surface area (Å²) in [4.78, 5) is 12.2. The Morgan fingerprint density at radius 1 is 1.24 bits per heavy atom. The first kappa shape index (κ1) is 16.6. The Kier molecular flexibility index (Phi) is 6.39. The van der Waals surface area contributed by atoms with Gasteiger partial charge in [-0.2, -0.15) is 0 Å². The fourth-order valence-electron chi connectivity index (χ4n) is 2.28. The lowest BCUT2D eigenvalue weighted by atomic mass is 9.62. The van der Waals surface area contributed by atoms with Gasteiger partial charge in [0.15, 0.2) is 0 Å². The van der Waals surface area contributed by atoms with E-state index in [9.17, 15) is 4.79 Å². The Hall–Kier alpha value is -0.370. The van der Waals surface area contributed by atoms with Gasteiger partial charge in [-0.25, -0.2) is 0 Å². The number of hydrogen-bond donors (Lipinski definition) is 0. The molecule has 0 radical (unpaired) electrons. The quantitative estimate of drug-likeness (QED) is 0.672. The maximum atomic E-state index is 12.2. The monoisotopic (exact) mass is 242 g/mol. The normalized spacial score (nSPS) is 16.0. The Balaban J connectivity index is 5.04. The van der Waals surface area contributed by atoms with Crippen LogP contribution in [0.2, 0.25) is 0 Å². The first-order valence-electron chi connectivity index (χ1n) is 6.76. The molecule has 0 N–H and O–H groups in total. The topological polar surface area (TPSA) is 26.3 Å². The van der Waals surface area contributed by atoms with Gasteiger partial charge in [-0.05, 0) is 38.0 Å². The summed E-state index contributed by atoms with van der Waals surface area (Å²) in [5, 5.41) is 0. The van der Waals surface area contributed by atoms with Crippen LogP contribution in [0.15, 0.2) is 0 Å². The number of hydrogen-bond acceptors (Lipinski definition) is 2. The third kappa shape index (κ3) is 4.42. The fourth-order valence-corrected chi connectivity index (χ4v) is 2.28. The zero-order valence-electron chi connectivity index (χ0n) is 12.7. The summed E-state index contributed by atoms with van der Waals surface area (Å²) in [5.74, 6) is 0.886. The molecule has 1 unspecified atom stereocenters. The van der Waals surface area contributed by atoms with Crippen LogP contribution in [0.25, 0.3) is 0 Å². The molecule has 102 valence electrons. The molecular weight excluding hydrogens is 212 g/mol. The van der Waals surface area contributed by atoms with Gasteiger partial charge in [0.1, 0.15) is 5.78 Å². The van der Waals surface area contributed by atoms with E-state index < -0.39 is 0 Å².